The van der Waals surface area contributed by atoms with Crippen molar-refractivity contribution >= 4 is 45.5 Å². The smallest absolute Gasteiger partial charge is 0.246 e. The fourth-order valence-corrected chi connectivity index (χ4v) is 8.72. The van der Waals surface area contributed by atoms with E-state index in [4.69, 9.17) is 14.5 Å². The van der Waals surface area contributed by atoms with E-state index < -0.39 is 23.6 Å². The molecule has 0 bridgehead atoms. The molecule has 2 aliphatic rings. The Morgan fingerprint density at radius 2 is 1.70 bits per heavy atom. The van der Waals surface area contributed by atoms with E-state index in [0.717, 1.165) is 83.0 Å². The van der Waals surface area contributed by atoms with Crippen LogP contribution in [0.3, 0.4) is 0 Å². The highest BCUT2D eigenvalue weighted by Crippen LogP contribution is 2.31. The summed E-state index contributed by atoms with van der Waals surface area (Å²) in [5.41, 5.74) is 6.16. The van der Waals surface area contributed by atoms with E-state index in [1.54, 1.807) is 22.7 Å². The molecule has 3 N–H and O–H groups in total. The molecule has 4 heterocycles. The lowest BCUT2D eigenvalue weighted by Crippen LogP contribution is -2.57. The van der Waals surface area contributed by atoms with Crippen LogP contribution < -0.4 is 20.3 Å². The van der Waals surface area contributed by atoms with Crippen LogP contribution in [-0.4, -0.2) is 95.3 Å². The van der Waals surface area contributed by atoms with Crippen molar-refractivity contribution in [2.45, 2.75) is 91.0 Å². The molecule has 0 saturated carbocycles. The highest BCUT2D eigenvalue weighted by Gasteiger charge is 2.44. The van der Waals surface area contributed by atoms with Gasteiger partial charge in [0.15, 0.2) is 5.13 Å². The van der Waals surface area contributed by atoms with Gasteiger partial charge >= 0.3 is 0 Å². The van der Waals surface area contributed by atoms with Crippen LogP contribution in [0.5, 0.6) is 5.75 Å². The maximum Gasteiger partial charge on any atom is 0.246 e. The molecule has 3 amide bonds. The molecule has 6 rings (SSSR count). The van der Waals surface area contributed by atoms with Gasteiger partial charge in [-0.15, -0.1) is 22.7 Å². The second-order valence-corrected chi connectivity index (χ2v) is 17.4. The molecule has 2 saturated heterocycles. The Hall–Kier alpha value is -4.37. The zero-order chi connectivity index (χ0) is 39.8. The van der Waals surface area contributed by atoms with Crippen LogP contribution in [0.1, 0.15) is 77.1 Å². The molecule has 12 nitrogen and oxygen atoms in total. The standard InChI is InChI=1S/C42H54N6O6S2/c1-27(29-10-12-31(13-11-29)37-28(2)43-26-56-37)44-39(51)35-23-32(49)24-48(35)40(52)38(42(3,4)5)46-36(50)9-7-6-8-20-54-33-16-14-30(15-17-33)34-25-55-41(45-34)47-18-21-53-22-19-47/h10-17,25-27,32,35,38,49H,6-9,18-24H2,1-5H3,(H,44,51)(H,46,50). The summed E-state index contributed by atoms with van der Waals surface area (Å²) < 4.78 is 11.4. The maximum atomic E-state index is 14.0. The monoisotopic (exact) mass is 802 g/mol. The number of aliphatic hydroxyl groups excluding tert-OH is 1. The third-order valence-corrected chi connectivity index (χ3v) is 12.2. The second-order valence-electron chi connectivity index (χ2n) is 15.7. The molecule has 4 atom stereocenters. The highest BCUT2D eigenvalue weighted by atomic mass is 32.1. The number of carbonyl (C=O) groups excluding carboxylic acids is 3. The number of benzene rings is 2. The maximum absolute atomic E-state index is 14.0. The quantitative estimate of drug-likeness (QED) is 0.117. The number of rotatable bonds is 15. The Labute approximate surface area is 337 Å². The summed E-state index contributed by atoms with van der Waals surface area (Å²) in [6.07, 6.45) is 1.77. The number of hydrogen-bond acceptors (Lipinski definition) is 11. The number of nitrogens with zero attached hydrogens (tertiary/aromatic N) is 4. The van der Waals surface area contributed by atoms with E-state index in [1.807, 2.05) is 88.7 Å². The van der Waals surface area contributed by atoms with Crippen molar-refractivity contribution in [2.24, 2.45) is 5.41 Å². The van der Waals surface area contributed by atoms with E-state index in [1.165, 1.54) is 4.90 Å². The number of amides is 3. The molecule has 2 aromatic heterocycles. The predicted octanol–water partition coefficient (Wildman–Crippen LogP) is 6.39. The Balaban J connectivity index is 0.941. The van der Waals surface area contributed by atoms with E-state index in [9.17, 15) is 19.5 Å². The number of aliphatic hydroxyl groups is 1. The summed E-state index contributed by atoms with van der Waals surface area (Å²) in [7, 11) is 0. The Bertz CT molecular complexity index is 1920. The van der Waals surface area contributed by atoms with E-state index in [2.05, 4.69) is 25.9 Å². The lowest BCUT2D eigenvalue weighted by Gasteiger charge is -2.35. The summed E-state index contributed by atoms with van der Waals surface area (Å²) in [5.74, 6) is -0.141. The van der Waals surface area contributed by atoms with Gasteiger partial charge in [-0.3, -0.25) is 14.4 Å². The van der Waals surface area contributed by atoms with Crippen LogP contribution in [0, 0.1) is 12.3 Å². The Morgan fingerprint density at radius 1 is 0.982 bits per heavy atom. The number of morpholine rings is 1. The van der Waals surface area contributed by atoms with Crippen molar-refractivity contribution < 1.29 is 29.0 Å². The number of ether oxygens (including phenoxy) is 2. The van der Waals surface area contributed by atoms with Crippen molar-refractivity contribution in [1.82, 2.24) is 25.5 Å². The molecule has 2 fully saturated rings. The SMILES string of the molecule is Cc1ncsc1-c1ccc(C(C)NC(=O)C2CC(O)CN2C(=O)C(NC(=O)CCCCCOc2ccc(-c3csc(N4CCOCC4)n3)cc2)C(C)(C)C)cc1. The average Bonchev–Trinajstić information content (AvgIpc) is 3.95. The van der Waals surface area contributed by atoms with Crippen LogP contribution in [0.15, 0.2) is 59.4 Å². The van der Waals surface area contributed by atoms with Crippen LogP contribution in [0.25, 0.3) is 21.7 Å². The average molecular weight is 803 g/mol. The zero-order valence-electron chi connectivity index (χ0n) is 33.0. The molecule has 14 heteroatoms. The first-order valence-corrected chi connectivity index (χ1v) is 21.2. The van der Waals surface area contributed by atoms with Crippen LogP contribution in [0.4, 0.5) is 5.13 Å². The summed E-state index contributed by atoms with van der Waals surface area (Å²) >= 11 is 3.23. The minimum absolute atomic E-state index is 0.0279. The lowest BCUT2D eigenvalue weighted by atomic mass is 9.85. The van der Waals surface area contributed by atoms with Gasteiger partial charge in [0.2, 0.25) is 17.7 Å². The molecule has 2 aromatic carbocycles. The minimum Gasteiger partial charge on any atom is -0.494 e. The Morgan fingerprint density at radius 3 is 2.38 bits per heavy atom. The number of aromatic nitrogens is 2. The highest BCUT2D eigenvalue weighted by molar-refractivity contribution is 7.14. The molecule has 0 radical (unpaired) electrons. The van der Waals surface area contributed by atoms with Crippen molar-refractivity contribution in [3.05, 3.63) is 70.7 Å². The van der Waals surface area contributed by atoms with Crippen molar-refractivity contribution in [3.63, 3.8) is 0 Å². The molecule has 300 valence electrons. The van der Waals surface area contributed by atoms with Gasteiger partial charge in [-0.05, 0) is 73.9 Å². The topological polar surface area (TPSA) is 146 Å². The zero-order valence-corrected chi connectivity index (χ0v) is 34.6. The molecular formula is C42H54N6O6S2. The largest absolute Gasteiger partial charge is 0.494 e. The molecule has 0 aliphatic carbocycles. The number of unbranched alkanes of at least 4 members (excludes halogenated alkanes) is 2. The van der Waals surface area contributed by atoms with Crippen molar-refractivity contribution in [3.8, 4) is 27.4 Å². The first-order chi connectivity index (χ1) is 26.9. The fraction of sp³-hybridized carbons (Fsp3) is 0.500. The van der Waals surface area contributed by atoms with Gasteiger partial charge in [0.25, 0.3) is 0 Å². The molecular weight excluding hydrogens is 749 g/mol. The Kier molecular flexibility index (Phi) is 13.8. The van der Waals surface area contributed by atoms with Crippen molar-refractivity contribution in [2.75, 3.05) is 44.4 Å². The number of nitrogens with one attached hydrogen (secondary N) is 2. The normalized spacial score (nSPS) is 18.4. The summed E-state index contributed by atoms with van der Waals surface area (Å²) in [5, 5.41) is 19.7. The van der Waals surface area contributed by atoms with Gasteiger partial charge in [0.1, 0.15) is 17.8 Å². The summed E-state index contributed by atoms with van der Waals surface area (Å²) in [6, 6.07) is 13.9. The third-order valence-electron chi connectivity index (χ3n) is 10.3. The number of β-amino-alcohol motifs (C(OH)–C–C–N with tert-alkyl or cyclic N) is 1. The van der Waals surface area contributed by atoms with Crippen LogP contribution in [-0.2, 0) is 19.1 Å². The third kappa shape index (κ3) is 10.5. The van der Waals surface area contributed by atoms with E-state index in [0.29, 0.717) is 13.0 Å². The molecule has 0 spiro atoms. The molecule has 4 aromatic rings. The van der Waals surface area contributed by atoms with Gasteiger partial charge in [-0.25, -0.2) is 9.97 Å². The van der Waals surface area contributed by atoms with Crippen LogP contribution >= 0.6 is 22.7 Å². The van der Waals surface area contributed by atoms with E-state index in [-0.39, 0.29) is 43.1 Å². The van der Waals surface area contributed by atoms with Gasteiger partial charge in [0, 0.05) is 43.4 Å². The van der Waals surface area contributed by atoms with Crippen molar-refractivity contribution in [1.29, 1.82) is 0 Å². The summed E-state index contributed by atoms with van der Waals surface area (Å²) in [6.45, 7) is 13.3. The molecule has 2 aliphatic heterocycles. The fourth-order valence-electron chi connectivity index (χ4n) is 7.02. The predicted molar refractivity (Wildman–Crippen MR) is 221 cm³/mol. The van der Waals surface area contributed by atoms with Crippen LogP contribution in [0.2, 0.25) is 0 Å². The number of aryl methyl sites for hydroxylation is 1. The van der Waals surface area contributed by atoms with Gasteiger partial charge in [-0.2, -0.15) is 0 Å². The second kappa shape index (κ2) is 18.7. The number of likely N-dealkylation sites (tertiary alicyclic amines) is 1. The lowest BCUT2D eigenvalue weighted by molar-refractivity contribution is -0.144. The minimum atomic E-state index is -0.864. The number of anilines is 1. The number of hydrogen-bond donors (Lipinski definition) is 3. The number of carbonyl (C=O) groups is 3. The first-order valence-electron chi connectivity index (χ1n) is 19.5. The first kappa shape index (κ1) is 41.3. The molecule has 56 heavy (non-hydrogen) atoms. The molecule has 4 unspecified atom stereocenters. The summed E-state index contributed by atoms with van der Waals surface area (Å²) in [4.78, 5) is 54.7. The van der Waals surface area contributed by atoms with Gasteiger partial charge in [0.05, 0.1) is 53.7 Å². The van der Waals surface area contributed by atoms with Gasteiger partial charge < -0.3 is 35.0 Å². The number of thiazole rings is 2. The van der Waals surface area contributed by atoms with E-state index >= 15 is 0 Å². The van der Waals surface area contributed by atoms with Gasteiger partial charge in [-0.1, -0.05) is 45.0 Å².